The van der Waals surface area contributed by atoms with Crippen LogP contribution in [0.1, 0.15) is 64.7 Å². The van der Waals surface area contributed by atoms with Gasteiger partial charge in [-0.1, -0.05) is 39.0 Å². The zero-order valence-corrected chi connectivity index (χ0v) is 12.9. The smallest absolute Gasteiger partial charge is 0.310 e. The highest BCUT2D eigenvalue weighted by Gasteiger charge is 2.47. The quantitative estimate of drug-likeness (QED) is 0.762. The molecule has 0 atom stereocenters. The van der Waals surface area contributed by atoms with E-state index >= 15 is 0 Å². The van der Waals surface area contributed by atoms with Gasteiger partial charge in [-0.2, -0.15) is 0 Å². The lowest BCUT2D eigenvalue weighted by Gasteiger charge is -2.47. The van der Waals surface area contributed by atoms with Crippen molar-refractivity contribution in [3.8, 4) is 0 Å². The van der Waals surface area contributed by atoms with Crippen molar-refractivity contribution in [1.82, 2.24) is 4.90 Å². The monoisotopic (exact) mass is 297 g/mol. The molecule has 1 aliphatic heterocycles. The summed E-state index contributed by atoms with van der Waals surface area (Å²) in [5.41, 5.74) is -1.63. The van der Waals surface area contributed by atoms with E-state index < -0.39 is 17.0 Å². The largest absolute Gasteiger partial charge is 0.481 e. The zero-order valence-electron chi connectivity index (χ0n) is 12.9. The number of carboxylic acid groups (broad SMARTS) is 1. The summed E-state index contributed by atoms with van der Waals surface area (Å²) >= 11 is 0. The fraction of sp³-hybridized carbons (Fsp3) is 0.875. The molecule has 0 unspecified atom stereocenters. The fourth-order valence-corrected chi connectivity index (χ4v) is 3.74. The number of carbonyl (C=O) groups is 2. The topological polar surface area (TPSA) is 77.8 Å². The Hall–Kier alpha value is -1.10. The third-order valence-electron chi connectivity index (χ3n) is 5.04. The minimum absolute atomic E-state index is 0.0878. The number of hydrogen-bond acceptors (Lipinski definition) is 3. The minimum Gasteiger partial charge on any atom is -0.481 e. The molecule has 0 bridgehead atoms. The number of rotatable bonds is 5. The van der Waals surface area contributed by atoms with Crippen LogP contribution in [0.15, 0.2) is 0 Å². The summed E-state index contributed by atoms with van der Waals surface area (Å²) in [6.45, 7) is 2.72. The molecule has 1 saturated carbocycles. The fourth-order valence-electron chi connectivity index (χ4n) is 3.74. The number of carbonyl (C=O) groups excluding carboxylic acids is 1. The van der Waals surface area contributed by atoms with Crippen molar-refractivity contribution in [1.29, 1.82) is 0 Å². The normalized spacial score (nSPS) is 24.0. The molecule has 2 N–H and O–H groups in total. The highest BCUT2D eigenvalue weighted by Crippen LogP contribution is 2.40. The van der Waals surface area contributed by atoms with E-state index in [0.717, 1.165) is 32.1 Å². The Labute approximate surface area is 126 Å². The van der Waals surface area contributed by atoms with Crippen LogP contribution < -0.4 is 0 Å². The molecule has 1 heterocycles. The first kappa shape index (κ1) is 16.3. The van der Waals surface area contributed by atoms with Crippen molar-refractivity contribution in [2.45, 2.75) is 70.3 Å². The van der Waals surface area contributed by atoms with Crippen molar-refractivity contribution < 1.29 is 19.8 Å². The van der Waals surface area contributed by atoms with Crippen LogP contribution in [0.25, 0.3) is 0 Å². The van der Waals surface area contributed by atoms with Crippen LogP contribution >= 0.6 is 0 Å². The molecule has 1 aliphatic carbocycles. The first-order chi connectivity index (χ1) is 9.91. The summed E-state index contributed by atoms with van der Waals surface area (Å²) < 4.78 is 0. The number of hydrogen-bond donors (Lipinski definition) is 2. The van der Waals surface area contributed by atoms with Crippen molar-refractivity contribution in [2.75, 3.05) is 13.1 Å². The lowest BCUT2D eigenvalue weighted by atomic mass is 9.76. The molecule has 2 fully saturated rings. The Bertz CT molecular complexity index is 393. The average Bonchev–Trinajstić information content (AvgIpc) is 2.62. The summed E-state index contributed by atoms with van der Waals surface area (Å²) in [4.78, 5) is 25.7. The molecule has 5 nitrogen and oxygen atoms in total. The molecule has 0 aromatic heterocycles. The molecule has 0 aromatic carbocycles. The third kappa shape index (κ3) is 3.57. The highest BCUT2D eigenvalue weighted by atomic mass is 16.4. The summed E-state index contributed by atoms with van der Waals surface area (Å²) in [5, 5.41) is 19.7. The maximum Gasteiger partial charge on any atom is 0.310 e. The Morgan fingerprint density at radius 3 is 2.14 bits per heavy atom. The van der Waals surface area contributed by atoms with Crippen LogP contribution in [0.5, 0.6) is 0 Å². The molecule has 0 radical (unpaired) electrons. The lowest BCUT2D eigenvalue weighted by molar-refractivity contribution is -0.165. The molecule has 120 valence electrons. The van der Waals surface area contributed by atoms with Crippen molar-refractivity contribution in [2.24, 2.45) is 5.41 Å². The molecule has 2 aliphatic rings. The summed E-state index contributed by atoms with van der Waals surface area (Å²) in [6.07, 6.45) is 6.76. The van der Waals surface area contributed by atoms with Crippen LogP contribution in [0.4, 0.5) is 0 Å². The van der Waals surface area contributed by atoms with E-state index in [1.54, 1.807) is 4.90 Å². The van der Waals surface area contributed by atoms with E-state index in [0.29, 0.717) is 32.4 Å². The molecule has 1 amide bonds. The number of β-amino-alcohol motifs (C(OH)–C–C–N with tert-alkyl or cyclic N) is 1. The van der Waals surface area contributed by atoms with E-state index in [9.17, 15) is 19.8 Å². The maximum absolute atomic E-state index is 12.4. The van der Waals surface area contributed by atoms with E-state index in [1.807, 2.05) is 6.92 Å². The number of aliphatic carboxylic acids is 1. The van der Waals surface area contributed by atoms with Gasteiger partial charge in [-0.05, 0) is 19.3 Å². The number of aliphatic hydroxyl groups is 1. The molecular formula is C16H27NO4. The summed E-state index contributed by atoms with van der Waals surface area (Å²) in [7, 11) is 0. The molecular weight excluding hydrogens is 270 g/mol. The first-order valence-electron chi connectivity index (χ1n) is 8.14. The molecule has 1 saturated heterocycles. The SMILES string of the molecule is CCCC1(O)CN(C(=O)CC2(C(=O)O)CCCCCC2)C1. The van der Waals surface area contributed by atoms with Crippen molar-refractivity contribution in [3.05, 3.63) is 0 Å². The van der Waals surface area contributed by atoms with Gasteiger partial charge in [0, 0.05) is 6.42 Å². The average molecular weight is 297 g/mol. The van der Waals surface area contributed by atoms with Crippen LogP contribution in [-0.2, 0) is 9.59 Å². The Morgan fingerprint density at radius 1 is 1.10 bits per heavy atom. The number of nitrogens with zero attached hydrogens (tertiary/aromatic N) is 1. The van der Waals surface area contributed by atoms with E-state index in [2.05, 4.69) is 0 Å². The van der Waals surface area contributed by atoms with Gasteiger partial charge >= 0.3 is 5.97 Å². The maximum atomic E-state index is 12.4. The molecule has 2 rings (SSSR count). The zero-order chi connectivity index (χ0) is 15.5. The second kappa shape index (κ2) is 6.34. The van der Waals surface area contributed by atoms with Gasteiger partial charge < -0.3 is 15.1 Å². The van der Waals surface area contributed by atoms with Crippen LogP contribution in [-0.4, -0.2) is 45.7 Å². The highest BCUT2D eigenvalue weighted by molar-refractivity contribution is 5.85. The van der Waals surface area contributed by atoms with Gasteiger partial charge in [-0.25, -0.2) is 0 Å². The third-order valence-corrected chi connectivity index (χ3v) is 5.04. The van der Waals surface area contributed by atoms with Gasteiger partial charge in [0.15, 0.2) is 0 Å². The van der Waals surface area contributed by atoms with Gasteiger partial charge in [0.1, 0.15) is 0 Å². The van der Waals surface area contributed by atoms with E-state index in [1.165, 1.54) is 0 Å². The molecule has 21 heavy (non-hydrogen) atoms. The Balaban J connectivity index is 1.95. The second-order valence-electron chi connectivity index (χ2n) is 6.90. The first-order valence-corrected chi connectivity index (χ1v) is 8.14. The number of likely N-dealkylation sites (tertiary alicyclic amines) is 1. The number of carboxylic acids is 1. The molecule has 5 heteroatoms. The molecule has 0 aromatic rings. The number of amides is 1. The predicted molar refractivity (Wildman–Crippen MR) is 78.8 cm³/mol. The van der Waals surface area contributed by atoms with E-state index in [-0.39, 0.29) is 12.3 Å². The van der Waals surface area contributed by atoms with Crippen molar-refractivity contribution in [3.63, 3.8) is 0 Å². The van der Waals surface area contributed by atoms with Gasteiger partial charge in [0.25, 0.3) is 0 Å². The van der Waals surface area contributed by atoms with Crippen LogP contribution in [0.3, 0.4) is 0 Å². The van der Waals surface area contributed by atoms with Gasteiger partial charge in [-0.3, -0.25) is 9.59 Å². The minimum atomic E-state index is -0.883. The van der Waals surface area contributed by atoms with Gasteiger partial charge in [0.2, 0.25) is 5.91 Å². The van der Waals surface area contributed by atoms with Crippen LogP contribution in [0, 0.1) is 5.41 Å². The van der Waals surface area contributed by atoms with Gasteiger partial charge in [0.05, 0.1) is 24.1 Å². The van der Waals surface area contributed by atoms with Crippen molar-refractivity contribution >= 4 is 11.9 Å². The summed E-state index contributed by atoms with van der Waals surface area (Å²) in [6, 6.07) is 0. The Morgan fingerprint density at radius 2 is 1.67 bits per heavy atom. The van der Waals surface area contributed by atoms with E-state index in [4.69, 9.17) is 0 Å². The molecule has 0 spiro atoms. The summed E-state index contributed by atoms with van der Waals surface area (Å²) in [5.74, 6) is -0.942. The second-order valence-corrected chi connectivity index (χ2v) is 6.90. The van der Waals surface area contributed by atoms with Gasteiger partial charge in [-0.15, -0.1) is 0 Å². The van der Waals surface area contributed by atoms with Crippen LogP contribution in [0.2, 0.25) is 0 Å². The predicted octanol–water partition coefficient (Wildman–Crippen LogP) is 2.18. The Kier molecular flexibility index (Phi) is 4.91. The standard InChI is InChI=1S/C16H27NO4/c1-2-7-16(21)11-17(12-16)13(18)10-15(14(19)20)8-5-3-4-6-9-15/h21H,2-12H2,1H3,(H,19,20). The lowest BCUT2D eigenvalue weighted by Crippen LogP contribution is -2.63.